The molecule has 172 valence electrons. The van der Waals surface area contributed by atoms with Gasteiger partial charge in [0, 0.05) is 29.3 Å². The number of rotatable bonds is 7. The highest BCUT2D eigenvalue weighted by Crippen LogP contribution is 2.33. The summed E-state index contributed by atoms with van der Waals surface area (Å²) in [6, 6.07) is 10.5. The molecule has 3 N–H and O–H groups in total. The summed E-state index contributed by atoms with van der Waals surface area (Å²) in [6.45, 7) is 8.43. The Kier molecular flexibility index (Phi) is 6.64. The summed E-state index contributed by atoms with van der Waals surface area (Å²) < 4.78 is 26.6. The molecule has 2 amide bonds. The van der Waals surface area contributed by atoms with Gasteiger partial charge in [-0.25, -0.2) is 8.42 Å². The molecule has 0 radical (unpaired) electrons. The van der Waals surface area contributed by atoms with E-state index in [2.05, 4.69) is 15.4 Å². The first kappa shape index (κ1) is 23.8. The van der Waals surface area contributed by atoms with Crippen molar-refractivity contribution in [3.8, 4) is 11.1 Å². The normalized spacial score (nSPS) is 14.0. The Balaban J connectivity index is 1.99. The van der Waals surface area contributed by atoms with Crippen LogP contribution in [0.25, 0.3) is 11.1 Å². The lowest BCUT2D eigenvalue weighted by Crippen LogP contribution is -2.32. The van der Waals surface area contributed by atoms with Crippen molar-refractivity contribution in [2.24, 2.45) is 5.41 Å². The van der Waals surface area contributed by atoms with Gasteiger partial charge in [-0.05, 0) is 60.6 Å². The number of hydrogen-bond acceptors (Lipinski definition) is 4. The van der Waals surface area contributed by atoms with E-state index in [0.29, 0.717) is 28.9 Å². The van der Waals surface area contributed by atoms with E-state index in [1.54, 1.807) is 24.3 Å². The number of hydrogen-bond donors (Lipinski definition) is 3. The van der Waals surface area contributed by atoms with Crippen molar-refractivity contribution >= 4 is 27.5 Å². The van der Waals surface area contributed by atoms with Crippen LogP contribution in [0.1, 0.15) is 59.9 Å². The maximum atomic E-state index is 12.6. The molecule has 32 heavy (non-hydrogen) atoms. The molecule has 7 nitrogen and oxygen atoms in total. The molecule has 0 atom stereocenters. The molecular formula is C24H31N3O4S. The third-order valence-electron chi connectivity index (χ3n) is 5.06. The summed E-state index contributed by atoms with van der Waals surface area (Å²) in [4.78, 5) is 25.2. The molecule has 2 aromatic rings. The van der Waals surface area contributed by atoms with Crippen molar-refractivity contribution in [3.05, 3.63) is 53.1 Å². The quantitative estimate of drug-likeness (QED) is 0.590. The molecule has 0 heterocycles. The van der Waals surface area contributed by atoms with Crippen molar-refractivity contribution < 1.29 is 18.0 Å². The van der Waals surface area contributed by atoms with Gasteiger partial charge in [-0.3, -0.25) is 14.3 Å². The first-order valence-electron chi connectivity index (χ1n) is 10.6. The number of sulfonamides is 1. The van der Waals surface area contributed by atoms with E-state index in [1.807, 2.05) is 33.8 Å². The molecule has 2 aromatic carbocycles. The second-order valence-corrected chi connectivity index (χ2v) is 11.4. The molecule has 8 heteroatoms. The molecule has 0 saturated heterocycles. The summed E-state index contributed by atoms with van der Waals surface area (Å²) in [5.41, 5.74) is 3.28. The van der Waals surface area contributed by atoms with Gasteiger partial charge in [0.15, 0.2) is 0 Å². The topological polar surface area (TPSA) is 104 Å². The van der Waals surface area contributed by atoms with Crippen LogP contribution >= 0.6 is 0 Å². The van der Waals surface area contributed by atoms with E-state index in [4.69, 9.17) is 0 Å². The van der Waals surface area contributed by atoms with Gasteiger partial charge in [-0.1, -0.05) is 32.9 Å². The number of nitrogens with one attached hydrogen (secondary N) is 3. The van der Waals surface area contributed by atoms with E-state index in [1.165, 1.54) is 6.07 Å². The molecule has 0 bridgehead atoms. The number of carbonyl (C=O) groups is 2. The third-order valence-corrected chi connectivity index (χ3v) is 5.65. The average molecular weight is 458 g/mol. The van der Waals surface area contributed by atoms with Crippen LogP contribution in [0.3, 0.4) is 0 Å². The van der Waals surface area contributed by atoms with Gasteiger partial charge in [0.05, 0.1) is 11.9 Å². The molecule has 0 aromatic heterocycles. The molecule has 0 unspecified atom stereocenters. The Hall–Kier alpha value is -2.87. The average Bonchev–Trinajstić information content (AvgIpc) is 3.48. The minimum absolute atomic E-state index is 0.0813. The molecule has 1 saturated carbocycles. The highest BCUT2D eigenvalue weighted by Gasteiger charge is 2.24. The van der Waals surface area contributed by atoms with Crippen LogP contribution in [0.4, 0.5) is 5.69 Å². The van der Waals surface area contributed by atoms with Gasteiger partial charge in [0.1, 0.15) is 0 Å². The molecule has 0 spiro atoms. The summed E-state index contributed by atoms with van der Waals surface area (Å²) in [5, 5.41) is 5.85. The molecule has 1 aliphatic rings. The van der Waals surface area contributed by atoms with Crippen LogP contribution in [0.15, 0.2) is 36.4 Å². The lowest BCUT2D eigenvalue weighted by atomic mass is 9.95. The minimum atomic E-state index is -3.59. The van der Waals surface area contributed by atoms with Crippen LogP contribution in [0.2, 0.25) is 0 Å². The van der Waals surface area contributed by atoms with Gasteiger partial charge in [0.2, 0.25) is 10.0 Å². The number of aryl methyl sites for hydroxylation is 1. The van der Waals surface area contributed by atoms with Crippen molar-refractivity contribution in [2.75, 3.05) is 17.5 Å². The molecule has 1 fully saturated rings. The van der Waals surface area contributed by atoms with E-state index >= 15 is 0 Å². The van der Waals surface area contributed by atoms with Gasteiger partial charge in [-0.2, -0.15) is 0 Å². The fraction of sp³-hybridized carbons (Fsp3) is 0.417. The van der Waals surface area contributed by atoms with Crippen molar-refractivity contribution in [3.63, 3.8) is 0 Å². The minimum Gasteiger partial charge on any atom is -0.352 e. The van der Waals surface area contributed by atoms with Crippen molar-refractivity contribution in [1.82, 2.24) is 10.6 Å². The van der Waals surface area contributed by atoms with Crippen LogP contribution in [0, 0.1) is 12.3 Å². The molecular weight excluding hydrogens is 426 g/mol. The lowest BCUT2D eigenvalue weighted by molar-refractivity contribution is 0.0935. The van der Waals surface area contributed by atoms with Gasteiger partial charge < -0.3 is 10.6 Å². The van der Waals surface area contributed by atoms with Crippen LogP contribution in [-0.4, -0.2) is 39.1 Å². The summed E-state index contributed by atoms with van der Waals surface area (Å²) in [5.74, 6) is -0.429. The molecule has 1 aliphatic carbocycles. The number of benzene rings is 2. The first-order valence-corrected chi connectivity index (χ1v) is 12.5. The first-order chi connectivity index (χ1) is 14.8. The standard InChI is InChI=1S/C24H31N3O4S/c1-15-6-7-16(23(29)26-18-9-10-18)12-20(15)19-11-8-17(13-21(19)27-32(5,30)31)22(28)25-14-24(2,3)4/h6-8,11-13,18,27H,9-10,14H2,1-5H3,(H,25,28)(H,26,29). The van der Waals surface area contributed by atoms with Crippen LogP contribution in [0.5, 0.6) is 0 Å². The van der Waals surface area contributed by atoms with Gasteiger partial charge in [0.25, 0.3) is 11.8 Å². The summed E-state index contributed by atoms with van der Waals surface area (Å²) in [6.07, 6.45) is 3.05. The Morgan fingerprint density at radius 3 is 2.19 bits per heavy atom. The maximum Gasteiger partial charge on any atom is 0.251 e. The smallest absolute Gasteiger partial charge is 0.251 e. The largest absolute Gasteiger partial charge is 0.352 e. The Labute approximate surface area is 190 Å². The number of anilines is 1. The maximum absolute atomic E-state index is 12.6. The zero-order chi connectivity index (χ0) is 23.7. The van der Waals surface area contributed by atoms with Crippen molar-refractivity contribution in [1.29, 1.82) is 0 Å². The highest BCUT2D eigenvalue weighted by atomic mass is 32.2. The fourth-order valence-electron chi connectivity index (χ4n) is 3.20. The predicted octanol–water partition coefficient (Wildman–Crippen LogP) is 3.70. The lowest BCUT2D eigenvalue weighted by Gasteiger charge is -2.19. The Bertz CT molecular complexity index is 1150. The van der Waals surface area contributed by atoms with E-state index in [-0.39, 0.29) is 23.3 Å². The second-order valence-electron chi connectivity index (χ2n) is 9.66. The number of amides is 2. The molecule has 0 aliphatic heterocycles. The van der Waals surface area contributed by atoms with Gasteiger partial charge in [-0.15, -0.1) is 0 Å². The van der Waals surface area contributed by atoms with E-state index < -0.39 is 10.0 Å². The zero-order valence-corrected chi connectivity index (χ0v) is 20.0. The Morgan fingerprint density at radius 1 is 0.969 bits per heavy atom. The van der Waals surface area contributed by atoms with Crippen LogP contribution in [-0.2, 0) is 10.0 Å². The monoisotopic (exact) mass is 457 g/mol. The zero-order valence-electron chi connectivity index (χ0n) is 19.2. The SMILES string of the molecule is Cc1ccc(C(=O)NC2CC2)cc1-c1ccc(C(=O)NCC(C)(C)C)cc1NS(C)(=O)=O. The summed E-state index contributed by atoms with van der Waals surface area (Å²) in [7, 11) is -3.59. The van der Waals surface area contributed by atoms with Crippen molar-refractivity contribution in [2.45, 2.75) is 46.6 Å². The van der Waals surface area contributed by atoms with E-state index in [0.717, 1.165) is 30.2 Å². The highest BCUT2D eigenvalue weighted by molar-refractivity contribution is 7.92. The fourth-order valence-corrected chi connectivity index (χ4v) is 3.77. The van der Waals surface area contributed by atoms with E-state index in [9.17, 15) is 18.0 Å². The molecule has 3 rings (SSSR count). The predicted molar refractivity (Wildman–Crippen MR) is 127 cm³/mol. The third kappa shape index (κ3) is 6.56. The van der Waals surface area contributed by atoms with Crippen LogP contribution < -0.4 is 15.4 Å². The Morgan fingerprint density at radius 2 is 1.59 bits per heavy atom. The number of carbonyl (C=O) groups excluding carboxylic acids is 2. The van der Waals surface area contributed by atoms with Gasteiger partial charge >= 0.3 is 0 Å². The summed E-state index contributed by atoms with van der Waals surface area (Å²) >= 11 is 0. The second kappa shape index (κ2) is 8.94.